The van der Waals surface area contributed by atoms with Crippen LogP contribution in [0.25, 0.3) is 45.1 Å². The summed E-state index contributed by atoms with van der Waals surface area (Å²) >= 11 is 10.1. The van der Waals surface area contributed by atoms with Crippen LogP contribution in [0, 0.1) is 0 Å². The molecule has 0 aliphatic carbocycles. The molecule has 0 amide bonds. The first-order valence-corrected chi connectivity index (χ1v) is 25.0. The number of phenols is 2. The Kier molecular flexibility index (Phi) is 20.1. The average Bonchev–Trinajstić information content (AvgIpc) is 4.03. The zero-order chi connectivity index (χ0) is 52.4. The molecule has 0 spiro atoms. The fraction of sp³-hybridized carbons (Fsp3) is 0.103. The summed E-state index contributed by atoms with van der Waals surface area (Å²) < 4.78 is 20.2. The molecule has 0 saturated heterocycles. The number of phenolic OH excluding ortho intramolecular Hbond substituents is 2. The molecule has 0 unspecified atom stereocenters. The number of nitrogens with zero attached hydrogens (tertiary/aromatic N) is 3. The van der Waals surface area contributed by atoms with E-state index in [0.717, 1.165) is 64.1 Å². The molecule has 0 bridgehead atoms. The lowest BCUT2D eigenvalue weighted by molar-refractivity contribution is -0.0893. The van der Waals surface area contributed by atoms with Crippen molar-refractivity contribution in [2.45, 2.75) is 38.9 Å². The molecule has 10 aromatic rings. The molecule has 0 aliphatic heterocycles. The molecule has 5 N–H and O–H groups in total. The standard InChI is InChI=1S/C19H21BNO3.C13H8BrNO.C13H10BrNO.C7H5BrO.C6H7NO/c1-18(2,22)19(3,4)24-20-14-9-7-8-13(12-14)17-21-15-10-5-6-11-16(15)23-17;14-10-5-3-4-9(8-10)13-15-11-6-1-2-7-12(11)16-13;14-11-5-3-4-10(8-11)9-15-12-6-1-2-7-13(12)16;8-7-3-1-2-6(4-7)5-9;7-5-3-1-2-4-6(5)8/h5-12,22H,1-4H3;1-8H;1-9,16H;1-5H;1-4,8H,7H2. The van der Waals surface area contributed by atoms with Gasteiger partial charge in [-0.05, 0) is 130 Å². The minimum Gasteiger partial charge on any atom is -0.506 e. The minimum absolute atomic E-state index is 0.146. The fourth-order valence-electron chi connectivity index (χ4n) is 6.09. The van der Waals surface area contributed by atoms with E-state index in [9.17, 15) is 15.0 Å². The summed E-state index contributed by atoms with van der Waals surface area (Å²) in [5.74, 6) is 1.57. The van der Waals surface area contributed by atoms with E-state index in [1.54, 1.807) is 82.1 Å². The fourth-order valence-corrected chi connectivity index (χ4v) is 7.32. The molecule has 369 valence electrons. The Labute approximate surface area is 450 Å². The number of aldehydes is 1. The lowest BCUT2D eigenvalue weighted by Gasteiger charge is -2.37. The van der Waals surface area contributed by atoms with Crippen molar-refractivity contribution in [3.8, 4) is 34.4 Å². The largest absolute Gasteiger partial charge is 0.506 e. The lowest BCUT2D eigenvalue weighted by Crippen LogP contribution is -2.49. The van der Waals surface area contributed by atoms with Gasteiger partial charge in [0.15, 0.2) is 11.2 Å². The maximum atomic E-state index is 10.2. The highest BCUT2D eigenvalue weighted by molar-refractivity contribution is 9.11. The molecular weight excluding hydrogens is 1120 g/mol. The third-order valence-electron chi connectivity index (χ3n) is 10.8. The molecule has 15 heteroatoms. The number of aliphatic hydroxyl groups is 1. The second-order valence-electron chi connectivity index (χ2n) is 16.9. The summed E-state index contributed by atoms with van der Waals surface area (Å²) in [5.41, 5.74) is 12.3. The maximum Gasteiger partial charge on any atom is 0.330 e. The van der Waals surface area contributed by atoms with E-state index in [2.05, 4.69) is 62.8 Å². The van der Waals surface area contributed by atoms with Crippen LogP contribution >= 0.6 is 47.8 Å². The number of benzene rings is 8. The topological polar surface area (TPSA) is 177 Å². The van der Waals surface area contributed by atoms with Gasteiger partial charge in [0.2, 0.25) is 11.8 Å². The van der Waals surface area contributed by atoms with Crippen LogP contribution in [-0.2, 0) is 4.65 Å². The predicted molar refractivity (Wildman–Crippen MR) is 305 cm³/mol. The van der Waals surface area contributed by atoms with E-state index < -0.39 is 11.2 Å². The van der Waals surface area contributed by atoms with Gasteiger partial charge in [-0.25, -0.2) is 9.97 Å². The number of carbonyl (C=O) groups is 1. The van der Waals surface area contributed by atoms with Crippen molar-refractivity contribution in [3.05, 3.63) is 219 Å². The number of fused-ring (bicyclic) bond motifs is 2. The first kappa shape index (κ1) is 55.2. The van der Waals surface area contributed by atoms with E-state index in [0.29, 0.717) is 28.7 Å². The van der Waals surface area contributed by atoms with Crippen molar-refractivity contribution in [2.75, 3.05) is 5.73 Å². The predicted octanol–water partition coefficient (Wildman–Crippen LogP) is 14.7. The highest BCUT2D eigenvalue weighted by atomic mass is 79.9. The van der Waals surface area contributed by atoms with Gasteiger partial charge in [0, 0.05) is 36.3 Å². The Morgan fingerprint density at radius 2 is 1.05 bits per heavy atom. The van der Waals surface area contributed by atoms with Gasteiger partial charge >= 0.3 is 7.48 Å². The maximum absolute atomic E-state index is 10.2. The number of anilines is 1. The van der Waals surface area contributed by atoms with Crippen LogP contribution in [0.3, 0.4) is 0 Å². The molecule has 73 heavy (non-hydrogen) atoms. The SMILES string of the molecule is Brc1cccc(-c2nc3ccccc3o2)c1.CC(C)(O)C(C)(C)O[B]c1cccc(-c2nc3ccccc3o2)c1.Nc1ccccc1O.O=Cc1cccc(Br)c1.Oc1ccccc1N=Cc1cccc(Br)c1. The monoisotopic (exact) mass is 1160 g/mol. The summed E-state index contributed by atoms with van der Waals surface area (Å²) in [7, 11) is 1.66. The summed E-state index contributed by atoms with van der Waals surface area (Å²) in [6.07, 6.45) is 2.55. The van der Waals surface area contributed by atoms with Gasteiger partial charge in [0.25, 0.3) is 0 Å². The number of oxazole rings is 2. The smallest absolute Gasteiger partial charge is 0.330 e. The Bertz CT molecular complexity index is 3320. The number of halogens is 3. The van der Waals surface area contributed by atoms with E-state index in [1.165, 1.54) is 0 Å². The summed E-state index contributed by atoms with van der Waals surface area (Å²) in [4.78, 5) is 23.3. The number of rotatable bonds is 9. The van der Waals surface area contributed by atoms with Crippen molar-refractivity contribution >= 4 is 107 Å². The van der Waals surface area contributed by atoms with Crippen LogP contribution < -0.4 is 11.2 Å². The van der Waals surface area contributed by atoms with Crippen LogP contribution in [0.15, 0.2) is 221 Å². The molecule has 10 rings (SSSR count). The molecule has 11 nitrogen and oxygen atoms in total. The molecule has 0 saturated carbocycles. The first-order chi connectivity index (χ1) is 35.0. The molecular formula is C58H51BBr3N4O7. The van der Waals surface area contributed by atoms with Gasteiger partial charge in [-0.15, -0.1) is 0 Å². The van der Waals surface area contributed by atoms with E-state index in [4.69, 9.17) is 24.3 Å². The Hall–Kier alpha value is -7.14. The zero-order valence-corrected chi connectivity index (χ0v) is 45.0. The van der Waals surface area contributed by atoms with Gasteiger partial charge in [-0.2, -0.15) is 0 Å². The summed E-state index contributed by atoms with van der Waals surface area (Å²) in [5, 5.41) is 28.5. The second-order valence-corrected chi connectivity index (χ2v) is 19.7. The highest BCUT2D eigenvalue weighted by Crippen LogP contribution is 2.28. The van der Waals surface area contributed by atoms with Crippen molar-refractivity contribution in [3.63, 3.8) is 0 Å². The van der Waals surface area contributed by atoms with E-state index >= 15 is 0 Å². The number of nitrogen functional groups attached to an aromatic ring is 1. The number of aromatic nitrogens is 2. The van der Waals surface area contributed by atoms with Gasteiger partial charge in [-0.3, -0.25) is 9.79 Å². The van der Waals surface area contributed by atoms with Crippen molar-refractivity contribution < 1.29 is 33.6 Å². The van der Waals surface area contributed by atoms with Crippen LogP contribution in [0.5, 0.6) is 11.5 Å². The lowest BCUT2D eigenvalue weighted by atomic mass is 9.82. The van der Waals surface area contributed by atoms with E-state index in [-0.39, 0.29) is 11.5 Å². The molecule has 8 aromatic carbocycles. The number of hydrogen-bond donors (Lipinski definition) is 4. The van der Waals surface area contributed by atoms with E-state index in [1.807, 2.05) is 153 Å². The van der Waals surface area contributed by atoms with Gasteiger partial charge in [-0.1, -0.05) is 150 Å². The Balaban J connectivity index is 0.000000157. The number of carbonyl (C=O) groups excluding carboxylic acids is 1. The van der Waals surface area contributed by atoms with Gasteiger partial charge in [0.1, 0.15) is 34.5 Å². The second kappa shape index (κ2) is 26.5. The quantitative estimate of drug-likeness (QED) is 0.0358. The Morgan fingerprint density at radius 1 is 0.575 bits per heavy atom. The molecule has 0 atom stereocenters. The number of nitrogens with two attached hydrogens (primary N) is 1. The molecule has 0 aliphatic rings. The third-order valence-corrected chi connectivity index (χ3v) is 12.2. The molecule has 2 heterocycles. The van der Waals surface area contributed by atoms with Crippen LogP contribution in [-0.4, -0.2) is 56.5 Å². The van der Waals surface area contributed by atoms with Crippen molar-refractivity contribution in [2.24, 2.45) is 4.99 Å². The third kappa shape index (κ3) is 17.0. The summed E-state index contributed by atoms with van der Waals surface area (Å²) in [6.45, 7) is 7.17. The number of hydrogen-bond acceptors (Lipinski definition) is 11. The molecule has 1 radical (unpaired) electrons. The van der Waals surface area contributed by atoms with Gasteiger partial charge < -0.3 is 34.5 Å². The first-order valence-electron chi connectivity index (χ1n) is 22.6. The molecule has 2 aromatic heterocycles. The molecule has 0 fully saturated rings. The number of aromatic hydroxyl groups is 2. The van der Waals surface area contributed by atoms with Crippen molar-refractivity contribution in [1.29, 1.82) is 0 Å². The summed E-state index contributed by atoms with van der Waals surface area (Å²) in [6, 6.07) is 59.9. The average molecular weight is 1170 g/mol. The van der Waals surface area contributed by atoms with Crippen LogP contribution in [0.2, 0.25) is 0 Å². The Morgan fingerprint density at radius 3 is 1.55 bits per heavy atom. The highest BCUT2D eigenvalue weighted by Gasteiger charge is 2.35. The number of para-hydroxylation sites is 8. The van der Waals surface area contributed by atoms with Crippen molar-refractivity contribution in [1.82, 2.24) is 9.97 Å². The van der Waals surface area contributed by atoms with Crippen LogP contribution in [0.4, 0.5) is 11.4 Å². The number of aliphatic imine (C=N–C) groups is 1. The minimum atomic E-state index is -0.957. The van der Waals surface area contributed by atoms with Gasteiger partial charge in [0.05, 0.1) is 16.9 Å². The normalized spacial score (nSPS) is 11.0. The zero-order valence-electron chi connectivity index (χ0n) is 40.2. The van der Waals surface area contributed by atoms with Crippen LogP contribution in [0.1, 0.15) is 43.6 Å².